The van der Waals surface area contributed by atoms with Crippen LogP contribution < -0.4 is 5.32 Å². The zero-order chi connectivity index (χ0) is 13.0. The molecule has 0 amide bonds. The molecule has 0 saturated carbocycles. The van der Waals surface area contributed by atoms with Crippen molar-refractivity contribution < 1.29 is 9.50 Å². The molecule has 1 fully saturated rings. The van der Waals surface area contributed by atoms with Gasteiger partial charge >= 0.3 is 0 Å². The van der Waals surface area contributed by atoms with Gasteiger partial charge in [-0.2, -0.15) is 0 Å². The molecule has 0 radical (unpaired) electrons. The first-order valence-corrected chi connectivity index (χ1v) is 6.75. The second-order valence-corrected chi connectivity index (χ2v) is 5.07. The zero-order valence-electron chi connectivity index (χ0n) is 11.6. The molecule has 6 heteroatoms. The summed E-state index contributed by atoms with van der Waals surface area (Å²) in [4.78, 5) is 3.79. The van der Waals surface area contributed by atoms with Gasteiger partial charge in [-0.1, -0.05) is 19.8 Å². The van der Waals surface area contributed by atoms with Gasteiger partial charge in [0.2, 0.25) is 0 Å². The number of aliphatic hydroxyl groups is 1. The lowest BCUT2D eigenvalue weighted by molar-refractivity contribution is 0.0992. The van der Waals surface area contributed by atoms with Gasteiger partial charge in [-0.15, -0.1) is 24.8 Å². The first kappa shape index (κ1) is 19.6. The lowest BCUT2D eigenvalue weighted by Crippen LogP contribution is -2.45. The summed E-state index contributed by atoms with van der Waals surface area (Å²) in [5.74, 6) is -0.396. The smallest absolute Gasteiger partial charge is 0.141 e. The molecule has 20 heavy (non-hydrogen) atoms. The molecular weight excluding hydrogens is 302 g/mol. The molecule has 2 N–H and O–H groups in total. The molecule has 0 spiro atoms. The average molecular weight is 325 g/mol. The Balaban J connectivity index is 0.00000180. The van der Waals surface area contributed by atoms with E-state index in [0.29, 0.717) is 11.6 Å². The fourth-order valence-electron chi connectivity index (χ4n) is 2.70. The fourth-order valence-corrected chi connectivity index (χ4v) is 2.70. The van der Waals surface area contributed by atoms with Crippen LogP contribution in [0.4, 0.5) is 4.39 Å². The van der Waals surface area contributed by atoms with Gasteiger partial charge in [-0.3, -0.25) is 4.98 Å². The third kappa shape index (κ3) is 5.17. The van der Waals surface area contributed by atoms with E-state index in [9.17, 15) is 9.50 Å². The SMILES string of the molecule is CCC[C@H]1CCC[C@H]([C@H](O)c2cncc(F)c2)N1.Cl.Cl. The number of piperidine rings is 1. The van der Waals surface area contributed by atoms with Crippen molar-refractivity contribution in [3.63, 3.8) is 0 Å². The van der Waals surface area contributed by atoms with Crippen LogP contribution in [0.5, 0.6) is 0 Å². The molecule has 0 unspecified atom stereocenters. The summed E-state index contributed by atoms with van der Waals surface area (Å²) in [6, 6.07) is 1.85. The Morgan fingerprint density at radius 1 is 1.40 bits per heavy atom. The molecule has 3 nitrogen and oxygen atoms in total. The minimum absolute atomic E-state index is 0. The molecular formula is C14H23Cl2FN2O. The number of aromatic nitrogens is 1. The van der Waals surface area contributed by atoms with Gasteiger partial charge in [-0.25, -0.2) is 4.39 Å². The third-order valence-corrected chi connectivity index (χ3v) is 3.60. The summed E-state index contributed by atoms with van der Waals surface area (Å²) >= 11 is 0. The van der Waals surface area contributed by atoms with E-state index in [-0.39, 0.29) is 30.9 Å². The van der Waals surface area contributed by atoms with Crippen molar-refractivity contribution in [1.82, 2.24) is 10.3 Å². The number of halogens is 3. The summed E-state index contributed by atoms with van der Waals surface area (Å²) in [5, 5.41) is 13.8. The molecule has 0 aliphatic carbocycles. The summed E-state index contributed by atoms with van der Waals surface area (Å²) in [7, 11) is 0. The Bertz CT molecular complexity index is 393. The summed E-state index contributed by atoms with van der Waals surface area (Å²) in [5.41, 5.74) is 0.560. The molecule has 2 heterocycles. The summed E-state index contributed by atoms with van der Waals surface area (Å²) in [6.07, 6.45) is 7.50. The van der Waals surface area contributed by atoms with Gasteiger partial charge in [0, 0.05) is 23.8 Å². The average Bonchev–Trinajstić information content (AvgIpc) is 2.39. The van der Waals surface area contributed by atoms with Gasteiger partial charge in [0.05, 0.1) is 12.3 Å². The van der Waals surface area contributed by atoms with E-state index in [1.165, 1.54) is 12.5 Å². The predicted octanol–water partition coefficient (Wildman–Crippen LogP) is 3.41. The highest BCUT2D eigenvalue weighted by molar-refractivity contribution is 5.85. The summed E-state index contributed by atoms with van der Waals surface area (Å²) < 4.78 is 13.1. The van der Waals surface area contributed by atoms with Gasteiger partial charge in [0.1, 0.15) is 5.82 Å². The Morgan fingerprint density at radius 2 is 2.15 bits per heavy atom. The van der Waals surface area contributed by atoms with Crippen molar-refractivity contribution in [3.8, 4) is 0 Å². The second-order valence-electron chi connectivity index (χ2n) is 5.07. The monoisotopic (exact) mass is 324 g/mol. The summed E-state index contributed by atoms with van der Waals surface area (Å²) in [6.45, 7) is 2.16. The normalized spacial score (nSPS) is 23.4. The maximum absolute atomic E-state index is 13.1. The predicted molar refractivity (Wildman–Crippen MR) is 83.1 cm³/mol. The number of nitrogens with zero attached hydrogens (tertiary/aromatic N) is 1. The van der Waals surface area contributed by atoms with Gasteiger partial charge in [0.25, 0.3) is 0 Å². The standard InChI is InChI=1S/C14H21FN2O.2ClH/c1-2-4-12-5-3-6-13(17-12)14(18)10-7-11(15)9-16-8-10;;/h7-9,12-14,17-18H,2-6H2,1H3;2*1H/t12-,13+,14+;;/m0../s1. The Kier molecular flexibility index (Phi) is 9.30. The number of aliphatic hydroxyl groups excluding tert-OH is 1. The number of hydrogen-bond donors (Lipinski definition) is 2. The van der Waals surface area contributed by atoms with Crippen LogP contribution in [0.15, 0.2) is 18.5 Å². The first-order chi connectivity index (χ1) is 8.70. The van der Waals surface area contributed by atoms with Crippen molar-refractivity contribution in [3.05, 3.63) is 29.8 Å². The topological polar surface area (TPSA) is 45.2 Å². The lowest BCUT2D eigenvalue weighted by atomic mass is 9.91. The van der Waals surface area contributed by atoms with Crippen LogP contribution in [0.1, 0.15) is 50.7 Å². The number of rotatable bonds is 4. The molecule has 2 rings (SSSR count). The van der Waals surface area contributed by atoms with E-state index < -0.39 is 11.9 Å². The van der Waals surface area contributed by atoms with Crippen LogP contribution in [0.3, 0.4) is 0 Å². The van der Waals surface area contributed by atoms with E-state index in [4.69, 9.17) is 0 Å². The van der Waals surface area contributed by atoms with Crippen molar-refractivity contribution in [2.45, 2.75) is 57.2 Å². The lowest BCUT2D eigenvalue weighted by Gasteiger charge is -2.34. The molecule has 1 saturated heterocycles. The van der Waals surface area contributed by atoms with E-state index >= 15 is 0 Å². The Hall–Kier alpha value is -0.420. The van der Waals surface area contributed by atoms with Crippen LogP contribution in [-0.4, -0.2) is 22.2 Å². The highest BCUT2D eigenvalue weighted by Crippen LogP contribution is 2.25. The fraction of sp³-hybridized carbons (Fsp3) is 0.643. The van der Waals surface area contributed by atoms with E-state index in [0.717, 1.165) is 31.9 Å². The maximum atomic E-state index is 13.1. The van der Waals surface area contributed by atoms with Crippen LogP contribution in [0.25, 0.3) is 0 Å². The molecule has 1 aliphatic rings. The minimum atomic E-state index is -0.673. The quantitative estimate of drug-likeness (QED) is 0.892. The van der Waals surface area contributed by atoms with Crippen molar-refractivity contribution in [2.75, 3.05) is 0 Å². The largest absolute Gasteiger partial charge is 0.387 e. The second kappa shape index (κ2) is 9.50. The molecule has 0 aromatic carbocycles. The van der Waals surface area contributed by atoms with Gasteiger partial charge in [0.15, 0.2) is 0 Å². The zero-order valence-corrected chi connectivity index (χ0v) is 13.2. The molecule has 1 aromatic rings. The molecule has 116 valence electrons. The van der Waals surface area contributed by atoms with Crippen molar-refractivity contribution in [1.29, 1.82) is 0 Å². The van der Waals surface area contributed by atoms with Crippen molar-refractivity contribution >= 4 is 24.8 Å². The molecule has 3 atom stereocenters. The Morgan fingerprint density at radius 3 is 2.80 bits per heavy atom. The minimum Gasteiger partial charge on any atom is -0.387 e. The number of nitrogens with one attached hydrogen (secondary N) is 1. The van der Waals surface area contributed by atoms with Crippen molar-refractivity contribution in [2.24, 2.45) is 0 Å². The Labute approximate surface area is 132 Å². The van der Waals surface area contributed by atoms with Crippen LogP contribution in [0, 0.1) is 5.82 Å². The van der Waals surface area contributed by atoms with Crippen LogP contribution in [-0.2, 0) is 0 Å². The number of pyridine rings is 1. The van der Waals surface area contributed by atoms with Crippen LogP contribution >= 0.6 is 24.8 Å². The van der Waals surface area contributed by atoms with E-state index in [2.05, 4.69) is 17.2 Å². The highest BCUT2D eigenvalue weighted by atomic mass is 35.5. The van der Waals surface area contributed by atoms with Gasteiger partial charge < -0.3 is 10.4 Å². The first-order valence-electron chi connectivity index (χ1n) is 6.75. The maximum Gasteiger partial charge on any atom is 0.141 e. The molecule has 1 aliphatic heterocycles. The highest BCUT2D eigenvalue weighted by Gasteiger charge is 2.27. The van der Waals surface area contributed by atoms with E-state index in [1.807, 2.05) is 0 Å². The van der Waals surface area contributed by atoms with E-state index in [1.54, 1.807) is 6.20 Å². The third-order valence-electron chi connectivity index (χ3n) is 3.60. The molecule has 1 aromatic heterocycles. The van der Waals surface area contributed by atoms with Crippen LogP contribution in [0.2, 0.25) is 0 Å². The number of hydrogen-bond acceptors (Lipinski definition) is 3. The van der Waals surface area contributed by atoms with Gasteiger partial charge in [-0.05, 0) is 25.3 Å². The molecule has 0 bridgehead atoms.